The van der Waals surface area contributed by atoms with E-state index in [4.69, 9.17) is 4.74 Å². The second kappa shape index (κ2) is 6.80. The quantitative estimate of drug-likeness (QED) is 0.847. The number of hydrogen-bond donors (Lipinski definition) is 1. The number of halogens is 1. The average molecular weight is 334 g/mol. The van der Waals surface area contributed by atoms with Crippen LogP contribution in [0.2, 0.25) is 0 Å². The van der Waals surface area contributed by atoms with Crippen LogP contribution in [0, 0.1) is 6.92 Å². The van der Waals surface area contributed by atoms with Crippen molar-refractivity contribution in [2.24, 2.45) is 0 Å². The highest BCUT2D eigenvalue weighted by Crippen LogP contribution is 2.23. The van der Waals surface area contributed by atoms with Crippen molar-refractivity contribution in [3.05, 3.63) is 58.1 Å². The third-order valence-corrected chi connectivity index (χ3v) is 4.18. The number of rotatable bonds is 5. The molecule has 1 atom stereocenters. The molecule has 1 unspecified atom stereocenters. The highest BCUT2D eigenvalue weighted by Gasteiger charge is 2.08. The minimum Gasteiger partial charge on any atom is -0.496 e. The van der Waals surface area contributed by atoms with Gasteiger partial charge in [-0.15, -0.1) is 0 Å². The van der Waals surface area contributed by atoms with E-state index in [-0.39, 0.29) is 0 Å². The summed E-state index contributed by atoms with van der Waals surface area (Å²) in [6.45, 7) is 4.28. The summed E-state index contributed by atoms with van der Waals surface area (Å²) >= 11 is 3.52. The molecule has 20 heavy (non-hydrogen) atoms. The van der Waals surface area contributed by atoms with Gasteiger partial charge in [-0.2, -0.15) is 0 Å². The Morgan fingerprint density at radius 2 is 1.95 bits per heavy atom. The molecule has 0 aromatic heterocycles. The van der Waals surface area contributed by atoms with Crippen molar-refractivity contribution in [1.29, 1.82) is 0 Å². The van der Waals surface area contributed by atoms with Crippen LogP contribution in [0.15, 0.2) is 46.9 Å². The third-order valence-electron chi connectivity index (χ3n) is 3.29. The van der Waals surface area contributed by atoms with Crippen molar-refractivity contribution in [1.82, 2.24) is 0 Å². The Morgan fingerprint density at radius 1 is 1.20 bits per heavy atom. The van der Waals surface area contributed by atoms with E-state index in [1.165, 1.54) is 11.1 Å². The fourth-order valence-electron chi connectivity index (χ4n) is 2.27. The molecule has 3 heteroatoms. The zero-order chi connectivity index (χ0) is 14.5. The molecule has 0 spiro atoms. The first kappa shape index (κ1) is 14.9. The van der Waals surface area contributed by atoms with Crippen molar-refractivity contribution in [3.8, 4) is 5.75 Å². The lowest BCUT2D eigenvalue weighted by Crippen LogP contribution is -2.18. The van der Waals surface area contributed by atoms with E-state index in [1.54, 1.807) is 7.11 Å². The number of nitrogens with one attached hydrogen (secondary N) is 1. The Labute approximate surface area is 129 Å². The molecule has 0 saturated heterocycles. The molecular weight excluding hydrogens is 314 g/mol. The molecule has 0 saturated carbocycles. The van der Waals surface area contributed by atoms with Crippen molar-refractivity contribution < 1.29 is 4.74 Å². The van der Waals surface area contributed by atoms with Crippen molar-refractivity contribution >= 4 is 21.6 Å². The van der Waals surface area contributed by atoms with Crippen LogP contribution in [-0.2, 0) is 6.42 Å². The Bertz CT molecular complexity index is 583. The largest absolute Gasteiger partial charge is 0.496 e. The van der Waals surface area contributed by atoms with Gasteiger partial charge in [-0.1, -0.05) is 34.1 Å². The highest BCUT2D eigenvalue weighted by atomic mass is 79.9. The molecule has 0 radical (unpaired) electrons. The van der Waals surface area contributed by atoms with Gasteiger partial charge in [0.1, 0.15) is 5.75 Å². The Kier molecular flexibility index (Phi) is 5.07. The fourth-order valence-corrected chi connectivity index (χ4v) is 2.52. The second-order valence-corrected chi connectivity index (χ2v) is 5.88. The van der Waals surface area contributed by atoms with Crippen LogP contribution in [0.5, 0.6) is 5.75 Å². The second-order valence-electron chi connectivity index (χ2n) is 5.03. The summed E-state index contributed by atoms with van der Waals surface area (Å²) in [7, 11) is 1.72. The van der Waals surface area contributed by atoms with Crippen LogP contribution in [-0.4, -0.2) is 13.2 Å². The number of methoxy groups -OCH3 is 1. The monoisotopic (exact) mass is 333 g/mol. The zero-order valence-electron chi connectivity index (χ0n) is 12.1. The van der Waals surface area contributed by atoms with E-state index in [2.05, 4.69) is 59.4 Å². The molecule has 1 N–H and O–H groups in total. The summed E-state index contributed by atoms with van der Waals surface area (Å²) < 4.78 is 6.54. The third kappa shape index (κ3) is 3.76. The average Bonchev–Trinajstić information content (AvgIpc) is 2.43. The van der Waals surface area contributed by atoms with Crippen LogP contribution in [0.25, 0.3) is 0 Å². The van der Waals surface area contributed by atoms with E-state index in [1.807, 2.05) is 18.2 Å². The van der Waals surface area contributed by atoms with Crippen molar-refractivity contribution in [2.45, 2.75) is 26.3 Å². The Morgan fingerprint density at radius 3 is 2.65 bits per heavy atom. The van der Waals surface area contributed by atoms with Crippen LogP contribution in [0.1, 0.15) is 18.1 Å². The van der Waals surface area contributed by atoms with E-state index in [9.17, 15) is 0 Å². The molecule has 0 aliphatic carbocycles. The molecule has 2 aromatic rings. The molecule has 0 amide bonds. The fraction of sp³-hybridized carbons (Fsp3) is 0.294. The molecule has 2 nitrogen and oxygen atoms in total. The predicted octanol–water partition coefficient (Wildman–Crippen LogP) is 4.81. The summed E-state index contributed by atoms with van der Waals surface area (Å²) in [5.74, 6) is 0.952. The molecule has 0 heterocycles. The van der Waals surface area contributed by atoms with E-state index in [0.717, 1.165) is 22.3 Å². The van der Waals surface area contributed by atoms with Gasteiger partial charge in [0, 0.05) is 16.2 Å². The SMILES string of the molecule is COc1ccccc1CC(C)Nc1ccc(Br)c(C)c1. The summed E-state index contributed by atoms with van der Waals surface area (Å²) in [5, 5.41) is 3.53. The molecule has 0 bridgehead atoms. The summed E-state index contributed by atoms with van der Waals surface area (Å²) in [6.07, 6.45) is 0.930. The molecule has 2 rings (SSSR count). The van der Waals surface area contributed by atoms with Crippen LogP contribution < -0.4 is 10.1 Å². The minimum atomic E-state index is 0.340. The number of benzene rings is 2. The van der Waals surface area contributed by atoms with Crippen molar-refractivity contribution in [2.75, 3.05) is 12.4 Å². The molecule has 0 aliphatic heterocycles. The summed E-state index contributed by atoms with van der Waals surface area (Å²) in [4.78, 5) is 0. The van der Waals surface area contributed by atoms with Gasteiger partial charge in [0.15, 0.2) is 0 Å². The first-order valence-electron chi connectivity index (χ1n) is 6.74. The lowest BCUT2D eigenvalue weighted by atomic mass is 10.1. The smallest absolute Gasteiger partial charge is 0.122 e. The lowest BCUT2D eigenvalue weighted by Gasteiger charge is -2.17. The molecular formula is C17H20BrNO. The summed E-state index contributed by atoms with van der Waals surface area (Å²) in [5.41, 5.74) is 3.61. The van der Waals surface area contributed by atoms with E-state index >= 15 is 0 Å². The van der Waals surface area contributed by atoms with Gasteiger partial charge >= 0.3 is 0 Å². The van der Waals surface area contributed by atoms with Gasteiger partial charge in [-0.05, 0) is 55.7 Å². The van der Waals surface area contributed by atoms with Crippen molar-refractivity contribution in [3.63, 3.8) is 0 Å². The van der Waals surface area contributed by atoms with Gasteiger partial charge in [0.2, 0.25) is 0 Å². The maximum absolute atomic E-state index is 5.40. The van der Waals surface area contributed by atoms with Gasteiger partial charge in [0.25, 0.3) is 0 Å². The zero-order valence-corrected chi connectivity index (χ0v) is 13.7. The first-order chi connectivity index (χ1) is 9.60. The first-order valence-corrected chi connectivity index (χ1v) is 7.54. The van der Waals surface area contributed by atoms with Gasteiger partial charge in [0.05, 0.1) is 7.11 Å². The van der Waals surface area contributed by atoms with E-state index in [0.29, 0.717) is 6.04 Å². The number of hydrogen-bond acceptors (Lipinski definition) is 2. The molecule has 0 fully saturated rings. The van der Waals surface area contributed by atoms with Gasteiger partial charge in [-0.3, -0.25) is 0 Å². The highest BCUT2D eigenvalue weighted by molar-refractivity contribution is 9.10. The predicted molar refractivity (Wildman–Crippen MR) is 88.7 cm³/mol. The number of ether oxygens (including phenoxy) is 1. The standard InChI is InChI=1S/C17H20BrNO/c1-12-10-15(8-9-16(12)18)19-13(2)11-14-6-4-5-7-17(14)20-3/h4-10,13,19H,11H2,1-3H3. The topological polar surface area (TPSA) is 21.3 Å². The van der Waals surface area contributed by atoms with Gasteiger partial charge < -0.3 is 10.1 Å². The normalized spacial score (nSPS) is 12.0. The maximum Gasteiger partial charge on any atom is 0.122 e. The maximum atomic E-state index is 5.40. The Balaban J connectivity index is 2.05. The van der Waals surface area contributed by atoms with E-state index < -0.39 is 0 Å². The van der Waals surface area contributed by atoms with Gasteiger partial charge in [-0.25, -0.2) is 0 Å². The number of para-hydroxylation sites is 1. The molecule has 0 aliphatic rings. The molecule has 106 valence electrons. The Hall–Kier alpha value is -1.48. The summed E-state index contributed by atoms with van der Waals surface area (Å²) in [6, 6.07) is 14.8. The minimum absolute atomic E-state index is 0.340. The van der Waals surface area contributed by atoms with Crippen LogP contribution in [0.4, 0.5) is 5.69 Å². The molecule has 2 aromatic carbocycles. The number of anilines is 1. The number of aryl methyl sites for hydroxylation is 1. The lowest BCUT2D eigenvalue weighted by molar-refractivity contribution is 0.409. The van der Waals surface area contributed by atoms with Crippen LogP contribution in [0.3, 0.4) is 0 Å². The van der Waals surface area contributed by atoms with Crippen LogP contribution >= 0.6 is 15.9 Å².